The van der Waals surface area contributed by atoms with Gasteiger partial charge >= 0.3 is 6.01 Å². The molecule has 1 saturated carbocycles. The number of rotatable bonds is 6. The van der Waals surface area contributed by atoms with Crippen molar-refractivity contribution in [1.29, 1.82) is 0 Å². The molecule has 18 heavy (non-hydrogen) atoms. The number of aromatic nitrogens is 3. The van der Waals surface area contributed by atoms with Gasteiger partial charge in [-0.05, 0) is 25.2 Å². The Morgan fingerprint density at radius 2 is 1.94 bits per heavy atom. The van der Waals surface area contributed by atoms with Crippen LogP contribution in [0.1, 0.15) is 33.1 Å². The minimum atomic E-state index is 0.359. The highest BCUT2D eigenvalue weighted by atomic mass is 16.5. The molecular formula is C12H21N5O. The predicted octanol–water partition coefficient (Wildman–Crippen LogP) is 1.91. The molecule has 0 amide bonds. The fourth-order valence-electron chi connectivity index (χ4n) is 1.99. The molecule has 100 valence electrons. The first kappa shape index (κ1) is 12.9. The van der Waals surface area contributed by atoms with Crippen molar-refractivity contribution in [1.82, 2.24) is 15.0 Å². The van der Waals surface area contributed by atoms with E-state index < -0.39 is 0 Å². The number of ether oxygens (including phenoxy) is 1. The molecule has 0 bridgehead atoms. The summed E-state index contributed by atoms with van der Waals surface area (Å²) in [5, 5.41) is 6.19. The molecule has 6 nitrogen and oxygen atoms in total. The van der Waals surface area contributed by atoms with Gasteiger partial charge in [-0.15, -0.1) is 0 Å². The van der Waals surface area contributed by atoms with Gasteiger partial charge in [0.2, 0.25) is 11.9 Å². The second kappa shape index (κ2) is 5.37. The number of anilines is 2. The summed E-state index contributed by atoms with van der Waals surface area (Å²) in [7, 11) is 1.78. The minimum absolute atomic E-state index is 0.359. The lowest BCUT2D eigenvalue weighted by atomic mass is 9.70. The van der Waals surface area contributed by atoms with Crippen LogP contribution in [0.2, 0.25) is 0 Å². The fraction of sp³-hybridized carbons (Fsp3) is 0.750. The summed E-state index contributed by atoms with van der Waals surface area (Å²) in [6.45, 7) is 5.63. The van der Waals surface area contributed by atoms with E-state index in [9.17, 15) is 0 Å². The molecule has 1 aromatic rings. The van der Waals surface area contributed by atoms with E-state index >= 15 is 0 Å². The van der Waals surface area contributed by atoms with Crippen LogP contribution in [0.4, 0.5) is 11.9 Å². The first-order chi connectivity index (χ1) is 8.65. The molecule has 0 atom stereocenters. The average molecular weight is 251 g/mol. The number of nitrogens with one attached hydrogen (secondary N) is 2. The SMILES string of the molecule is CCOc1nc(NC)nc(NCC2(C)CCC2)n1. The van der Waals surface area contributed by atoms with E-state index in [4.69, 9.17) is 4.74 Å². The van der Waals surface area contributed by atoms with Crippen molar-refractivity contribution in [3.05, 3.63) is 0 Å². The molecule has 1 aromatic heterocycles. The Balaban J connectivity index is 2.03. The van der Waals surface area contributed by atoms with Gasteiger partial charge in [0.05, 0.1) is 6.61 Å². The van der Waals surface area contributed by atoms with E-state index in [1.807, 2.05) is 6.92 Å². The van der Waals surface area contributed by atoms with E-state index in [0.717, 1.165) is 6.54 Å². The van der Waals surface area contributed by atoms with E-state index in [2.05, 4.69) is 32.5 Å². The smallest absolute Gasteiger partial charge is 0.323 e. The first-order valence-corrected chi connectivity index (χ1v) is 6.46. The summed E-state index contributed by atoms with van der Waals surface area (Å²) < 4.78 is 5.32. The van der Waals surface area contributed by atoms with Crippen molar-refractivity contribution in [2.75, 3.05) is 30.8 Å². The third kappa shape index (κ3) is 3.00. The molecule has 1 aliphatic rings. The maximum Gasteiger partial charge on any atom is 0.323 e. The molecule has 1 aliphatic carbocycles. The zero-order chi connectivity index (χ0) is 13.0. The standard InChI is InChI=1S/C12H21N5O/c1-4-18-11-16-9(13-3)15-10(17-11)14-8-12(2)6-5-7-12/h4-8H2,1-3H3,(H2,13,14,15,16,17). The van der Waals surface area contributed by atoms with E-state index in [1.54, 1.807) is 7.05 Å². The summed E-state index contributed by atoms with van der Waals surface area (Å²) in [6, 6.07) is 0.359. The summed E-state index contributed by atoms with van der Waals surface area (Å²) in [6.07, 6.45) is 3.85. The summed E-state index contributed by atoms with van der Waals surface area (Å²) in [5.74, 6) is 1.10. The highest BCUT2D eigenvalue weighted by Gasteiger charge is 2.31. The van der Waals surface area contributed by atoms with Crippen LogP contribution in [-0.4, -0.2) is 35.2 Å². The van der Waals surface area contributed by atoms with Gasteiger partial charge in [-0.25, -0.2) is 0 Å². The number of nitrogens with zero attached hydrogens (tertiary/aromatic N) is 3. The molecule has 0 saturated heterocycles. The lowest BCUT2D eigenvalue weighted by Gasteiger charge is -2.38. The Bertz CT molecular complexity index is 405. The predicted molar refractivity (Wildman–Crippen MR) is 71.0 cm³/mol. The Morgan fingerprint density at radius 3 is 2.50 bits per heavy atom. The van der Waals surface area contributed by atoms with Gasteiger partial charge in [0, 0.05) is 13.6 Å². The lowest BCUT2D eigenvalue weighted by Crippen LogP contribution is -2.33. The highest BCUT2D eigenvalue weighted by molar-refractivity contribution is 5.35. The quantitative estimate of drug-likeness (QED) is 0.804. The molecule has 6 heteroatoms. The number of hydrogen-bond donors (Lipinski definition) is 2. The van der Waals surface area contributed by atoms with Crippen LogP contribution in [0.5, 0.6) is 6.01 Å². The monoisotopic (exact) mass is 251 g/mol. The van der Waals surface area contributed by atoms with Crippen LogP contribution >= 0.6 is 0 Å². The van der Waals surface area contributed by atoms with Gasteiger partial charge in [-0.3, -0.25) is 0 Å². The molecule has 0 unspecified atom stereocenters. The Hall–Kier alpha value is -1.59. The van der Waals surface area contributed by atoms with Crippen molar-refractivity contribution in [2.45, 2.75) is 33.1 Å². The second-order valence-corrected chi connectivity index (χ2v) is 4.97. The Labute approximate surface area is 108 Å². The van der Waals surface area contributed by atoms with Gasteiger partial charge in [0.1, 0.15) is 0 Å². The van der Waals surface area contributed by atoms with Crippen LogP contribution in [0.25, 0.3) is 0 Å². The maximum atomic E-state index is 5.32. The zero-order valence-corrected chi connectivity index (χ0v) is 11.3. The van der Waals surface area contributed by atoms with Crippen molar-refractivity contribution in [3.8, 4) is 6.01 Å². The van der Waals surface area contributed by atoms with Crippen LogP contribution in [0, 0.1) is 5.41 Å². The molecule has 2 N–H and O–H groups in total. The molecule has 1 fully saturated rings. The molecule has 0 aliphatic heterocycles. The Kier molecular flexibility index (Phi) is 3.84. The van der Waals surface area contributed by atoms with Crippen molar-refractivity contribution < 1.29 is 4.74 Å². The van der Waals surface area contributed by atoms with E-state index in [0.29, 0.717) is 29.9 Å². The van der Waals surface area contributed by atoms with E-state index in [1.165, 1.54) is 19.3 Å². The van der Waals surface area contributed by atoms with Gasteiger partial charge in [-0.2, -0.15) is 15.0 Å². The van der Waals surface area contributed by atoms with Crippen molar-refractivity contribution >= 4 is 11.9 Å². The van der Waals surface area contributed by atoms with Crippen LogP contribution in [0.15, 0.2) is 0 Å². The van der Waals surface area contributed by atoms with Gasteiger partial charge < -0.3 is 15.4 Å². The third-order valence-corrected chi connectivity index (χ3v) is 3.35. The van der Waals surface area contributed by atoms with Gasteiger partial charge in [-0.1, -0.05) is 13.3 Å². The average Bonchev–Trinajstić information content (AvgIpc) is 2.34. The normalized spacial score (nSPS) is 16.8. The maximum absolute atomic E-state index is 5.32. The van der Waals surface area contributed by atoms with Gasteiger partial charge in [0.25, 0.3) is 0 Å². The largest absolute Gasteiger partial charge is 0.464 e. The summed E-state index contributed by atoms with van der Waals surface area (Å²) in [5.41, 5.74) is 0.387. The molecule has 0 spiro atoms. The molecule has 1 heterocycles. The van der Waals surface area contributed by atoms with Crippen molar-refractivity contribution in [2.24, 2.45) is 5.41 Å². The molecule has 2 rings (SSSR count). The summed E-state index contributed by atoms with van der Waals surface area (Å²) >= 11 is 0. The van der Waals surface area contributed by atoms with Crippen molar-refractivity contribution in [3.63, 3.8) is 0 Å². The number of hydrogen-bond acceptors (Lipinski definition) is 6. The minimum Gasteiger partial charge on any atom is -0.464 e. The third-order valence-electron chi connectivity index (χ3n) is 3.35. The van der Waals surface area contributed by atoms with E-state index in [-0.39, 0.29) is 0 Å². The first-order valence-electron chi connectivity index (χ1n) is 6.46. The topological polar surface area (TPSA) is 72.0 Å². The second-order valence-electron chi connectivity index (χ2n) is 4.97. The fourth-order valence-corrected chi connectivity index (χ4v) is 1.99. The zero-order valence-electron chi connectivity index (χ0n) is 11.3. The Morgan fingerprint density at radius 1 is 1.22 bits per heavy atom. The highest BCUT2D eigenvalue weighted by Crippen LogP contribution is 2.40. The lowest BCUT2D eigenvalue weighted by molar-refractivity contribution is 0.179. The van der Waals surface area contributed by atoms with Crippen LogP contribution < -0.4 is 15.4 Å². The van der Waals surface area contributed by atoms with Crippen LogP contribution in [-0.2, 0) is 0 Å². The van der Waals surface area contributed by atoms with Crippen LogP contribution in [0.3, 0.4) is 0 Å². The van der Waals surface area contributed by atoms with Gasteiger partial charge in [0.15, 0.2) is 0 Å². The molecular weight excluding hydrogens is 230 g/mol. The molecule has 0 aromatic carbocycles. The summed E-state index contributed by atoms with van der Waals surface area (Å²) in [4.78, 5) is 12.6. The molecule has 0 radical (unpaired) electrons.